The lowest BCUT2D eigenvalue weighted by molar-refractivity contribution is 0.162. The summed E-state index contributed by atoms with van der Waals surface area (Å²) in [5.74, 6) is 1.98. The van der Waals surface area contributed by atoms with Gasteiger partial charge in [0.25, 0.3) is 0 Å². The van der Waals surface area contributed by atoms with Gasteiger partial charge in [-0.25, -0.2) is 0 Å². The van der Waals surface area contributed by atoms with Crippen LogP contribution in [0.2, 0.25) is 5.02 Å². The molecule has 0 spiro atoms. The molecule has 3 heteroatoms. The summed E-state index contributed by atoms with van der Waals surface area (Å²) < 4.78 is 0.968. The van der Waals surface area contributed by atoms with Crippen LogP contribution in [0.25, 0.3) is 0 Å². The Morgan fingerprint density at radius 3 is 2.63 bits per heavy atom. The van der Waals surface area contributed by atoms with E-state index in [0.29, 0.717) is 6.04 Å². The Morgan fingerprint density at radius 2 is 1.84 bits per heavy atom. The van der Waals surface area contributed by atoms with Crippen LogP contribution in [0.15, 0.2) is 22.7 Å². The molecule has 1 N–H and O–H groups in total. The standard InChI is InChI=1S/C16H21BrClN/c17-15-8-7-14(10-16(15)18)19-13-6-5-11-3-1-2-4-12(11)9-13/h7-8,10-13,19H,1-6,9H2. The van der Waals surface area contributed by atoms with Crippen LogP contribution in [0.3, 0.4) is 0 Å². The first-order chi connectivity index (χ1) is 9.22. The van der Waals surface area contributed by atoms with Crippen LogP contribution in [0, 0.1) is 11.8 Å². The fraction of sp³-hybridized carbons (Fsp3) is 0.625. The molecule has 3 unspecified atom stereocenters. The molecule has 3 atom stereocenters. The van der Waals surface area contributed by atoms with Gasteiger partial charge in [-0.05, 0) is 65.2 Å². The number of anilines is 1. The maximum absolute atomic E-state index is 6.16. The Hall–Kier alpha value is -0.210. The molecule has 2 aliphatic rings. The molecule has 1 aromatic rings. The summed E-state index contributed by atoms with van der Waals surface area (Å²) in [4.78, 5) is 0. The highest BCUT2D eigenvalue weighted by Gasteiger charge is 2.31. The van der Waals surface area contributed by atoms with Crippen LogP contribution >= 0.6 is 27.5 Å². The SMILES string of the molecule is Clc1cc(NC2CCC3CCCCC3C2)ccc1Br. The van der Waals surface area contributed by atoms with Crippen molar-refractivity contribution < 1.29 is 0 Å². The number of hydrogen-bond acceptors (Lipinski definition) is 1. The Kier molecular flexibility index (Phi) is 4.38. The van der Waals surface area contributed by atoms with E-state index < -0.39 is 0 Å². The third-order valence-electron chi connectivity index (χ3n) is 4.83. The van der Waals surface area contributed by atoms with Crippen LogP contribution in [0.4, 0.5) is 5.69 Å². The van der Waals surface area contributed by atoms with E-state index in [0.717, 1.165) is 27.0 Å². The van der Waals surface area contributed by atoms with Crippen LogP contribution < -0.4 is 5.32 Å². The molecule has 104 valence electrons. The highest BCUT2D eigenvalue weighted by Crippen LogP contribution is 2.41. The summed E-state index contributed by atoms with van der Waals surface area (Å²) in [7, 11) is 0. The van der Waals surface area contributed by atoms with Crippen LogP contribution in [0.1, 0.15) is 44.9 Å². The van der Waals surface area contributed by atoms with Gasteiger partial charge in [-0.3, -0.25) is 0 Å². The van der Waals surface area contributed by atoms with Gasteiger partial charge in [0, 0.05) is 16.2 Å². The summed E-state index contributed by atoms with van der Waals surface area (Å²) in [5, 5.41) is 4.46. The summed E-state index contributed by atoms with van der Waals surface area (Å²) in [6.45, 7) is 0. The molecule has 0 saturated heterocycles. The van der Waals surface area contributed by atoms with Crippen molar-refractivity contribution in [2.75, 3.05) is 5.32 Å². The van der Waals surface area contributed by atoms with E-state index in [9.17, 15) is 0 Å². The van der Waals surface area contributed by atoms with Gasteiger partial charge < -0.3 is 5.32 Å². The molecule has 0 radical (unpaired) electrons. The number of halogens is 2. The first kappa shape index (κ1) is 13.8. The second-order valence-electron chi connectivity index (χ2n) is 6.09. The predicted molar refractivity (Wildman–Crippen MR) is 85.9 cm³/mol. The van der Waals surface area contributed by atoms with Gasteiger partial charge in [0.2, 0.25) is 0 Å². The van der Waals surface area contributed by atoms with Crippen molar-refractivity contribution in [3.63, 3.8) is 0 Å². The van der Waals surface area contributed by atoms with Gasteiger partial charge in [-0.2, -0.15) is 0 Å². The molecule has 3 rings (SSSR count). The zero-order valence-corrected chi connectivity index (χ0v) is 13.5. The van der Waals surface area contributed by atoms with Gasteiger partial charge in [0.1, 0.15) is 0 Å². The summed E-state index contributed by atoms with van der Waals surface area (Å²) in [6, 6.07) is 6.80. The molecule has 0 amide bonds. The Balaban J connectivity index is 1.62. The molecule has 2 fully saturated rings. The number of rotatable bonds is 2. The quantitative estimate of drug-likeness (QED) is 0.708. The summed E-state index contributed by atoms with van der Waals surface area (Å²) in [5.41, 5.74) is 1.16. The predicted octanol–water partition coefficient (Wildman–Crippen LogP) is 5.87. The van der Waals surface area contributed by atoms with E-state index in [1.165, 1.54) is 44.9 Å². The van der Waals surface area contributed by atoms with E-state index in [2.05, 4.69) is 27.3 Å². The minimum absolute atomic E-state index is 0.636. The molecule has 2 saturated carbocycles. The topological polar surface area (TPSA) is 12.0 Å². The first-order valence-electron chi connectivity index (χ1n) is 7.44. The third-order valence-corrected chi connectivity index (χ3v) is 6.06. The molecule has 0 heterocycles. The average molecular weight is 343 g/mol. The van der Waals surface area contributed by atoms with Crippen molar-refractivity contribution >= 4 is 33.2 Å². The molecule has 1 nitrogen and oxygen atoms in total. The monoisotopic (exact) mass is 341 g/mol. The zero-order valence-electron chi connectivity index (χ0n) is 11.2. The average Bonchev–Trinajstić information content (AvgIpc) is 2.43. The lowest BCUT2D eigenvalue weighted by Gasteiger charge is -2.39. The molecule has 2 aliphatic carbocycles. The third kappa shape index (κ3) is 3.28. The van der Waals surface area contributed by atoms with Gasteiger partial charge >= 0.3 is 0 Å². The molecule has 0 aliphatic heterocycles. The largest absolute Gasteiger partial charge is 0.382 e. The van der Waals surface area contributed by atoms with Gasteiger partial charge in [-0.15, -0.1) is 0 Å². The van der Waals surface area contributed by atoms with Crippen molar-refractivity contribution in [1.29, 1.82) is 0 Å². The van der Waals surface area contributed by atoms with E-state index in [-0.39, 0.29) is 0 Å². The van der Waals surface area contributed by atoms with E-state index in [1.54, 1.807) is 0 Å². The smallest absolute Gasteiger partial charge is 0.0568 e. The van der Waals surface area contributed by atoms with Crippen LogP contribution in [0.5, 0.6) is 0 Å². The Bertz CT molecular complexity index is 448. The highest BCUT2D eigenvalue weighted by molar-refractivity contribution is 9.10. The lowest BCUT2D eigenvalue weighted by atomic mass is 9.69. The zero-order chi connectivity index (χ0) is 13.2. The minimum Gasteiger partial charge on any atom is -0.382 e. The van der Waals surface area contributed by atoms with Gasteiger partial charge in [0.15, 0.2) is 0 Å². The van der Waals surface area contributed by atoms with Gasteiger partial charge in [0.05, 0.1) is 5.02 Å². The Morgan fingerprint density at radius 1 is 1.05 bits per heavy atom. The molecular formula is C16H21BrClN. The number of benzene rings is 1. The lowest BCUT2D eigenvalue weighted by Crippen LogP contribution is -2.34. The number of hydrogen-bond donors (Lipinski definition) is 1. The molecular weight excluding hydrogens is 322 g/mol. The minimum atomic E-state index is 0.636. The Labute approximate surface area is 129 Å². The normalized spacial score (nSPS) is 30.7. The first-order valence-corrected chi connectivity index (χ1v) is 8.61. The maximum atomic E-state index is 6.16. The van der Waals surface area contributed by atoms with Crippen molar-refractivity contribution in [1.82, 2.24) is 0 Å². The molecule has 1 aromatic carbocycles. The highest BCUT2D eigenvalue weighted by atomic mass is 79.9. The summed E-state index contributed by atoms with van der Waals surface area (Å²) >= 11 is 9.60. The van der Waals surface area contributed by atoms with Crippen molar-refractivity contribution in [3.8, 4) is 0 Å². The van der Waals surface area contributed by atoms with Crippen molar-refractivity contribution in [3.05, 3.63) is 27.7 Å². The number of fused-ring (bicyclic) bond motifs is 1. The van der Waals surface area contributed by atoms with E-state index in [1.807, 2.05) is 12.1 Å². The van der Waals surface area contributed by atoms with Crippen LogP contribution in [-0.4, -0.2) is 6.04 Å². The van der Waals surface area contributed by atoms with Crippen molar-refractivity contribution in [2.24, 2.45) is 11.8 Å². The summed E-state index contributed by atoms with van der Waals surface area (Å²) in [6.07, 6.45) is 9.89. The number of nitrogens with one attached hydrogen (secondary N) is 1. The fourth-order valence-corrected chi connectivity index (χ4v) is 4.25. The molecule has 19 heavy (non-hydrogen) atoms. The van der Waals surface area contributed by atoms with Crippen molar-refractivity contribution in [2.45, 2.75) is 51.0 Å². The fourth-order valence-electron chi connectivity index (χ4n) is 3.83. The van der Waals surface area contributed by atoms with Crippen LogP contribution in [-0.2, 0) is 0 Å². The molecule has 0 aromatic heterocycles. The molecule has 0 bridgehead atoms. The second kappa shape index (κ2) is 6.05. The van der Waals surface area contributed by atoms with E-state index >= 15 is 0 Å². The van der Waals surface area contributed by atoms with Gasteiger partial charge in [-0.1, -0.05) is 37.3 Å². The maximum Gasteiger partial charge on any atom is 0.0568 e. The van der Waals surface area contributed by atoms with E-state index in [4.69, 9.17) is 11.6 Å². The second-order valence-corrected chi connectivity index (χ2v) is 7.35.